The Bertz CT molecular complexity index is 685. The van der Waals surface area contributed by atoms with Gasteiger partial charge in [-0.2, -0.15) is 5.10 Å². The summed E-state index contributed by atoms with van der Waals surface area (Å²) in [6.45, 7) is 4.76. The average Bonchev–Trinajstić information content (AvgIpc) is 3.32. The van der Waals surface area contributed by atoms with Crippen LogP contribution in [0, 0.1) is 0 Å². The lowest BCUT2D eigenvalue weighted by molar-refractivity contribution is 0.686. The molecule has 2 aromatic rings. The third-order valence-electron chi connectivity index (χ3n) is 4.82. The van der Waals surface area contributed by atoms with Gasteiger partial charge in [-0.05, 0) is 43.7 Å². The molecule has 1 saturated carbocycles. The van der Waals surface area contributed by atoms with Gasteiger partial charge >= 0.3 is 0 Å². The molecule has 0 unspecified atom stereocenters. The van der Waals surface area contributed by atoms with E-state index in [1.807, 2.05) is 17.9 Å². The molecule has 1 aromatic carbocycles. The fourth-order valence-corrected chi connectivity index (χ4v) is 3.15. The van der Waals surface area contributed by atoms with E-state index in [9.17, 15) is 0 Å². The van der Waals surface area contributed by atoms with Crippen molar-refractivity contribution >= 4 is 5.96 Å². The first-order valence-electron chi connectivity index (χ1n) is 9.27. The molecule has 0 aliphatic heterocycles. The Morgan fingerprint density at radius 1 is 1.24 bits per heavy atom. The van der Waals surface area contributed by atoms with E-state index in [0.717, 1.165) is 38.4 Å². The first-order chi connectivity index (χ1) is 12.2. The summed E-state index contributed by atoms with van der Waals surface area (Å²) in [6.07, 6.45) is 8.60. The maximum Gasteiger partial charge on any atom is 0.191 e. The quantitative estimate of drug-likeness (QED) is 0.442. The van der Waals surface area contributed by atoms with Crippen LogP contribution in [0.3, 0.4) is 0 Å². The van der Waals surface area contributed by atoms with Gasteiger partial charge in [0, 0.05) is 31.7 Å². The summed E-state index contributed by atoms with van der Waals surface area (Å²) in [4.78, 5) is 4.85. The van der Waals surface area contributed by atoms with Gasteiger partial charge in [0.15, 0.2) is 5.96 Å². The minimum absolute atomic E-state index is 0.263. The molecule has 25 heavy (non-hydrogen) atoms. The Balaban J connectivity index is 1.49. The van der Waals surface area contributed by atoms with Crippen molar-refractivity contribution in [1.82, 2.24) is 20.4 Å². The van der Waals surface area contributed by atoms with Gasteiger partial charge in [-0.25, -0.2) is 0 Å². The van der Waals surface area contributed by atoms with Gasteiger partial charge in [0.1, 0.15) is 0 Å². The number of aryl methyl sites for hydroxylation is 2. The van der Waals surface area contributed by atoms with Gasteiger partial charge in [-0.3, -0.25) is 9.67 Å². The van der Waals surface area contributed by atoms with Gasteiger partial charge < -0.3 is 10.6 Å². The maximum absolute atomic E-state index is 4.85. The van der Waals surface area contributed by atoms with Gasteiger partial charge in [-0.1, -0.05) is 30.3 Å². The molecule has 1 aliphatic rings. The Kier molecular flexibility index (Phi) is 5.74. The second-order valence-corrected chi connectivity index (χ2v) is 6.89. The highest BCUT2D eigenvalue weighted by molar-refractivity contribution is 5.79. The monoisotopic (exact) mass is 339 g/mol. The van der Waals surface area contributed by atoms with Crippen LogP contribution in [0.15, 0.2) is 47.7 Å². The van der Waals surface area contributed by atoms with Crippen LogP contribution in [0.2, 0.25) is 0 Å². The molecule has 134 valence electrons. The first kappa shape index (κ1) is 17.5. The summed E-state index contributed by atoms with van der Waals surface area (Å²) in [6, 6.07) is 10.8. The summed E-state index contributed by atoms with van der Waals surface area (Å²) >= 11 is 0. The summed E-state index contributed by atoms with van der Waals surface area (Å²) in [5.41, 5.74) is 2.97. The Morgan fingerprint density at radius 3 is 2.68 bits per heavy atom. The Labute approximate surface area is 150 Å². The highest BCUT2D eigenvalue weighted by Gasteiger charge is 2.43. The standard InChI is InChI=1S/C20H29N5/c1-3-21-19(22-13-7-8-17-14-24-25(2)15-17)23-16-20(11-12-20)18-9-5-4-6-10-18/h4-6,9-10,14-15H,3,7-8,11-13,16H2,1-2H3,(H2,21,22,23). The van der Waals surface area contributed by atoms with Crippen LogP contribution in [-0.4, -0.2) is 35.4 Å². The zero-order chi connectivity index (χ0) is 17.5. The number of nitrogens with one attached hydrogen (secondary N) is 2. The topological polar surface area (TPSA) is 54.2 Å². The van der Waals surface area contributed by atoms with Crippen molar-refractivity contribution in [1.29, 1.82) is 0 Å². The van der Waals surface area contributed by atoms with E-state index >= 15 is 0 Å². The molecule has 3 rings (SSSR count). The van der Waals surface area contributed by atoms with E-state index in [0.29, 0.717) is 0 Å². The highest BCUT2D eigenvalue weighted by Crippen LogP contribution is 2.48. The van der Waals surface area contributed by atoms with E-state index in [1.165, 1.54) is 24.0 Å². The van der Waals surface area contributed by atoms with Crippen molar-refractivity contribution in [3.05, 3.63) is 53.9 Å². The zero-order valence-electron chi connectivity index (χ0n) is 15.3. The van der Waals surface area contributed by atoms with Crippen LogP contribution in [0.5, 0.6) is 0 Å². The van der Waals surface area contributed by atoms with Crippen molar-refractivity contribution in [2.45, 2.75) is 38.0 Å². The highest BCUT2D eigenvalue weighted by atomic mass is 15.2. The summed E-state index contributed by atoms with van der Waals surface area (Å²) in [5.74, 6) is 0.927. The second kappa shape index (κ2) is 8.19. The number of rotatable bonds is 8. The molecule has 5 nitrogen and oxygen atoms in total. The third kappa shape index (κ3) is 4.84. The molecule has 0 amide bonds. The molecule has 0 spiro atoms. The van der Waals surface area contributed by atoms with Gasteiger partial charge in [-0.15, -0.1) is 0 Å². The predicted molar refractivity (Wildman–Crippen MR) is 103 cm³/mol. The van der Waals surface area contributed by atoms with Crippen molar-refractivity contribution in [3.8, 4) is 0 Å². The molecule has 0 radical (unpaired) electrons. The molecule has 1 aromatic heterocycles. The first-order valence-corrected chi connectivity index (χ1v) is 9.27. The fourth-order valence-electron chi connectivity index (χ4n) is 3.15. The molecular weight excluding hydrogens is 310 g/mol. The van der Waals surface area contributed by atoms with E-state index in [-0.39, 0.29) is 5.41 Å². The van der Waals surface area contributed by atoms with E-state index < -0.39 is 0 Å². The van der Waals surface area contributed by atoms with Crippen LogP contribution in [0.1, 0.15) is 37.3 Å². The van der Waals surface area contributed by atoms with Crippen LogP contribution in [-0.2, 0) is 18.9 Å². The summed E-state index contributed by atoms with van der Waals surface area (Å²) in [7, 11) is 1.96. The fraction of sp³-hybridized carbons (Fsp3) is 0.500. The van der Waals surface area contributed by atoms with E-state index in [2.05, 4.69) is 59.2 Å². The lowest BCUT2D eigenvalue weighted by Gasteiger charge is -2.16. The number of hydrogen-bond donors (Lipinski definition) is 2. The Hall–Kier alpha value is -2.30. The molecule has 2 N–H and O–H groups in total. The smallest absolute Gasteiger partial charge is 0.191 e. The second-order valence-electron chi connectivity index (χ2n) is 6.89. The molecule has 5 heteroatoms. The molecular formula is C20H29N5. The minimum Gasteiger partial charge on any atom is -0.357 e. The molecule has 0 atom stereocenters. The van der Waals surface area contributed by atoms with Crippen molar-refractivity contribution in [2.24, 2.45) is 12.0 Å². The maximum atomic E-state index is 4.85. The molecule has 0 bridgehead atoms. The van der Waals surface area contributed by atoms with E-state index in [4.69, 9.17) is 4.99 Å². The summed E-state index contributed by atoms with van der Waals surface area (Å²) in [5, 5.41) is 11.0. The van der Waals surface area contributed by atoms with Gasteiger partial charge in [0.05, 0.1) is 12.7 Å². The number of benzene rings is 1. The normalized spacial score (nSPS) is 15.8. The Morgan fingerprint density at radius 2 is 2.04 bits per heavy atom. The number of guanidine groups is 1. The number of aromatic nitrogens is 2. The molecule has 1 heterocycles. The van der Waals surface area contributed by atoms with E-state index in [1.54, 1.807) is 0 Å². The number of nitrogens with zero attached hydrogens (tertiary/aromatic N) is 3. The average molecular weight is 339 g/mol. The zero-order valence-corrected chi connectivity index (χ0v) is 15.3. The van der Waals surface area contributed by atoms with Crippen molar-refractivity contribution in [2.75, 3.05) is 19.6 Å². The lowest BCUT2D eigenvalue weighted by atomic mass is 9.96. The molecule has 1 aliphatic carbocycles. The lowest BCUT2D eigenvalue weighted by Crippen LogP contribution is -2.38. The van der Waals surface area contributed by atoms with Crippen LogP contribution in [0.4, 0.5) is 0 Å². The number of hydrogen-bond acceptors (Lipinski definition) is 2. The van der Waals surface area contributed by atoms with Crippen molar-refractivity contribution in [3.63, 3.8) is 0 Å². The molecule has 0 saturated heterocycles. The minimum atomic E-state index is 0.263. The van der Waals surface area contributed by atoms with Gasteiger partial charge in [0.2, 0.25) is 0 Å². The summed E-state index contributed by atoms with van der Waals surface area (Å²) < 4.78 is 1.85. The predicted octanol–water partition coefficient (Wildman–Crippen LogP) is 2.64. The third-order valence-corrected chi connectivity index (χ3v) is 4.82. The number of aliphatic imine (C=N–C) groups is 1. The van der Waals surface area contributed by atoms with Gasteiger partial charge in [0.25, 0.3) is 0 Å². The van der Waals surface area contributed by atoms with Crippen LogP contribution >= 0.6 is 0 Å². The SMILES string of the molecule is CCNC(=NCC1(c2ccccc2)CC1)NCCCc1cnn(C)c1. The molecule has 1 fully saturated rings. The van der Waals surface area contributed by atoms with Crippen LogP contribution in [0.25, 0.3) is 0 Å². The van der Waals surface area contributed by atoms with Crippen molar-refractivity contribution < 1.29 is 0 Å². The largest absolute Gasteiger partial charge is 0.357 e. The van der Waals surface area contributed by atoms with Crippen LogP contribution < -0.4 is 10.6 Å².